The third-order valence-electron chi connectivity index (χ3n) is 3.25. The second-order valence-electron chi connectivity index (χ2n) is 5.34. The Labute approximate surface area is 124 Å². The highest BCUT2D eigenvalue weighted by molar-refractivity contribution is 5.97. The molecule has 0 unspecified atom stereocenters. The summed E-state index contributed by atoms with van der Waals surface area (Å²) in [6.45, 7) is 5.94. The van der Waals surface area contributed by atoms with Crippen LogP contribution in [0.5, 0.6) is 0 Å². The molecule has 1 aromatic carbocycles. The monoisotopic (exact) mass is 291 g/mol. The van der Waals surface area contributed by atoms with Gasteiger partial charge in [0, 0.05) is 25.3 Å². The molecule has 0 aliphatic carbocycles. The summed E-state index contributed by atoms with van der Waals surface area (Å²) in [5.74, 6) is -1.23. The van der Waals surface area contributed by atoms with Gasteiger partial charge in [-0.05, 0) is 44.0 Å². The molecular formula is C16H21NO4. The lowest BCUT2D eigenvalue weighted by atomic mass is 10.0. The van der Waals surface area contributed by atoms with Crippen LogP contribution in [0.2, 0.25) is 0 Å². The SMILES string of the molecule is COC(C)(C)CNC(=O)c1cccc(/C=C/C(=O)O)c1C. The number of hydrogen-bond acceptors (Lipinski definition) is 3. The number of amides is 1. The van der Waals surface area contributed by atoms with Crippen LogP contribution in [-0.4, -0.2) is 36.2 Å². The van der Waals surface area contributed by atoms with Crippen molar-refractivity contribution in [3.63, 3.8) is 0 Å². The van der Waals surface area contributed by atoms with E-state index >= 15 is 0 Å². The largest absolute Gasteiger partial charge is 0.478 e. The predicted molar refractivity (Wildman–Crippen MR) is 81.3 cm³/mol. The van der Waals surface area contributed by atoms with Gasteiger partial charge >= 0.3 is 5.97 Å². The molecule has 0 spiro atoms. The molecule has 0 aliphatic heterocycles. The summed E-state index contributed by atoms with van der Waals surface area (Å²) >= 11 is 0. The summed E-state index contributed by atoms with van der Waals surface area (Å²) in [7, 11) is 1.59. The van der Waals surface area contributed by atoms with Crippen molar-refractivity contribution in [1.29, 1.82) is 0 Å². The van der Waals surface area contributed by atoms with E-state index in [1.807, 2.05) is 13.8 Å². The smallest absolute Gasteiger partial charge is 0.328 e. The van der Waals surface area contributed by atoms with Gasteiger partial charge in [0.25, 0.3) is 5.91 Å². The van der Waals surface area contributed by atoms with E-state index in [0.29, 0.717) is 17.7 Å². The molecule has 5 heteroatoms. The van der Waals surface area contributed by atoms with Crippen molar-refractivity contribution in [3.05, 3.63) is 41.0 Å². The minimum atomic E-state index is -1.02. The quantitative estimate of drug-likeness (QED) is 0.788. The summed E-state index contributed by atoms with van der Waals surface area (Å²) in [4.78, 5) is 22.8. The van der Waals surface area contributed by atoms with E-state index in [-0.39, 0.29) is 5.91 Å². The molecular weight excluding hydrogens is 270 g/mol. The molecule has 0 saturated carbocycles. The minimum absolute atomic E-state index is 0.205. The van der Waals surface area contributed by atoms with Crippen LogP contribution in [0.1, 0.15) is 35.3 Å². The summed E-state index contributed by atoms with van der Waals surface area (Å²) in [6.07, 6.45) is 2.53. The van der Waals surface area contributed by atoms with E-state index in [4.69, 9.17) is 9.84 Å². The third-order valence-corrected chi connectivity index (χ3v) is 3.25. The number of ether oxygens (including phenoxy) is 1. The Morgan fingerprint density at radius 3 is 2.62 bits per heavy atom. The fraction of sp³-hybridized carbons (Fsp3) is 0.375. The van der Waals surface area contributed by atoms with Crippen LogP contribution in [0.4, 0.5) is 0 Å². The zero-order valence-corrected chi connectivity index (χ0v) is 12.8. The van der Waals surface area contributed by atoms with Gasteiger partial charge in [-0.25, -0.2) is 4.79 Å². The Bertz CT molecular complexity index is 561. The van der Waals surface area contributed by atoms with Crippen molar-refractivity contribution in [2.75, 3.05) is 13.7 Å². The number of carbonyl (C=O) groups is 2. The molecule has 0 heterocycles. The second-order valence-corrected chi connectivity index (χ2v) is 5.34. The molecule has 1 rings (SSSR count). The van der Waals surface area contributed by atoms with E-state index in [9.17, 15) is 9.59 Å². The lowest BCUT2D eigenvalue weighted by Gasteiger charge is -2.23. The Kier molecular flexibility index (Phi) is 5.67. The van der Waals surface area contributed by atoms with Crippen molar-refractivity contribution >= 4 is 18.0 Å². The zero-order chi connectivity index (χ0) is 16.0. The van der Waals surface area contributed by atoms with Gasteiger partial charge in [-0.15, -0.1) is 0 Å². The molecule has 0 bridgehead atoms. The Morgan fingerprint density at radius 2 is 2.05 bits per heavy atom. The highest BCUT2D eigenvalue weighted by atomic mass is 16.5. The molecule has 0 aromatic heterocycles. The number of carboxylic acid groups (broad SMARTS) is 1. The van der Waals surface area contributed by atoms with Crippen LogP contribution in [0.15, 0.2) is 24.3 Å². The van der Waals surface area contributed by atoms with Gasteiger partial charge in [0.2, 0.25) is 0 Å². The number of benzene rings is 1. The van der Waals surface area contributed by atoms with Crippen LogP contribution in [-0.2, 0) is 9.53 Å². The third kappa shape index (κ3) is 5.04. The molecule has 21 heavy (non-hydrogen) atoms. The van der Waals surface area contributed by atoms with Gasteiger partial charge in [0.15, 0.2) is 0 Å². The Balaban J connectivity index is 2.91. The Morgan fingerprint density at radius 1 is 1.38 bits per heavy atom. The standard InChI is InChI=1S/C16H21NO4/c1-11-12(8-9-14(18)19)6-5-7-13(11)15(20)17-10-16(2,3)21-4/h5-9H,10H2,1-4H3,(H,17,20)(H,18,19)/b9-8+. The lowest BCUT2D eigenvalue weighted by molar-refractivity contribution is -0.131. The number of carbonyl (C=O) groups excluding carboxylic acids is 1. The molecule has 1 aromatic rings. The number of rotatable bonds is 6. The van der Waals surface area contributed by atoms with Gasteiger partial charge in [-0.3, -0.25) is 4.79 Å². The summed E-state index contributed by atoms with van der Waals surface area (Å²) < 4.78 is 5.25. The first kappa shape index (κ1) is 16.9. The number of nitrogens with one attached hydrogen (secondary N) is 1. The van der Waals surface area contributed by atoms with Crippen LogP contribution < -0.4 is 5.32 Å². The van der Waals surface area contributed by atoms with Crippen molar-refractivity contribution < 1.29 is 19.4 Å². The average Bonchev–Trinajstić information content (AvgIpc) is 2.43. The van der Waals surface area contributed by atoms with Crippen LogP contribution >= 0.6 is 0 Å². The molecule has 5 nitrogen and oxygen atoms in total. The molecule has 114 valence electrons. The highest BCUT2D eigenvalue weighted by Crippen LogP contribution is 2.16. The van der Waals surface area contributed by atoms with Gasteiger partial charge in [0.05, 0.1) is 5.60 Å². The fourth-order valence-corrected chi connectivity index (χ4v) is 1.70. The van der Waals surface area contributed by atoms with Crippen molar-refractivity contribution in [1.82, 2.24) is 5.32 Å². The Hall–Kier alpha value is -2.14. The van der Waals surface area contributed by atoms with Gasteiger partial charge in [-0.2, -0.15) is 0 Å². The number of carboxylic acids is 1. The zero-order valence-electron chi connectivity index (χ0n) is 12.8. The maximum absolute atomic E-state index is 12.2. The summed E-state index contributed by atoms with van der Waals surface area (Å²) in [5.41, 5.74) is 1.53. The topological polar surface area (TPSA) is 75.6 Å². The first-order valence-corrected chi connectivity index (χ1v) is 6.61. The highest BCUT2D eigenvalue weighted by Gasteiger charge is 2.18. The van der Waals surface area contributed by atoms with E-state index in [1.54, 1.807) is 32.2 Å². The van der Waals surface area contributed by atoms with Gasteiger partial charge in [0.1, 0.15) is 0 Å². The van der Waals surface area contributed by atoms with Crippen LogP contribution in [0, 0.1) is 6.92 Å². The van der Waals surface area contributed by atoms with Crippen molar-refractivity contribution in [3.8, 4) is 0 Å². The maximum Gasteiger partial charge on any atom is 0.328 e. The molecule has 1 amide bonds. The van der Waals surface area contributed by atoms with Crippen LogP contribution in [0.3, 0.4) is 0 Å². The van der Waals surface area contributed by atoms with Gasteiger partial charge < -0.3 is 15.2 Å². The van der Waals surface area contributed by atoms with E-state index in [2.05, 4.69) is 5.32 Å². The lowest BCUT2D eigenvalue weighted by Crippen LogP contribution is -2.39. The fourth-order valence-electron chi connectivity index (χ4n) is 1.70. The number of hydrogen-bond donors (Lipinski definition) is 2. The molecule has 0 saturated heterocycles. The maximum atomic E-state index is 12.2. The second kappa shape index (κ2) is 7.04. The normalized spacial score (nSPS) is 11.6. The molecule has 0 fully saturated rings. The van der Waals surface area contributed by atoms with E-state index in [0.717, 1.165) is 11.6 Å². The van der Waals surface area contributed by atoms with Crippen molar-refractivity contribution in [2.45, 2.75) is 26.4 Å². The van der Waals surface area contributed by atoms with Crippen LogP contribution in [0.25, 0.3) is 6.08 Å². The van der Waals surface area contributed by atoms with E-state index in [1.165, 1.54) is 6.08 Å². The predicted octanol–water partition coefficient (Wildman–Crippen LogP) is 2.25. The number of methoxy groups -OCH3 is 1. The molecule has 0 atom stereocenters. The number of aliphatic carboxylic acids is 1. The first-order chi connectivity index (χ1) is 9.76. The molecule has 2 N–H and O–H groups in total. The first-order valence-electron chi connectivity index (χ1n) is 6.61. The average molecular weight is 291 g/mol. The summed E-state index contributed by atoms with van der Waals surface area (Å²) in [5, 5.41) is 11.5. The van der Waals surface area contributed by atoms with E-state index < -0.39 is 11.6 Å². The molecule has 0 aliphatic rings. The molecule has 0 radical (unpaired) electrons. The minimum Gasteiger partial charge on any atom is -0.478 e. The van der Waals surface area contributed by atoms with Gasteiger partial charge in [-0.1, -0.05) is 12.1 Å². The summed E-state index contributed by atoms with van der Waals surface area (Å²) in [6, 6.07) is 5.21. The van der Waals surface area contributed by atoms with Crippen molar-refractivity contribution in [2.24, 2.45) is 0 Å².